The molecular weight excluding hydrogens is 332 g/mol. The third-order valence-corrected chi connectivity index (χ3v) is 9.47. The molecule has 0 fully saturated rings. The van der Waals surface area contributed by atoms with Gasteiger partial charge in [-0.2, -0.15) is 0 Å². The van der Waals surface area contributed by atoms with E-state index in [-0.39, 0.29) is 17.2 Å². The molecule has 5 heteroatoms. The summed E-state index contributed by atoms with van der Waals surface area (Å²) in [5, 5.41) is 9.23. The molecule has 0 aliphatic rings. The largest absolute Gasteiger partial charge is 0.481 e. The zero-order chi connectivity index (χ0) is 19.8. The number of carbonyl (C=O) groups excluding carboxylic acids is 1. The van der Waals surface area contributed by atoms with Gasteiger partial charge in [-0.3, -0.25) is 9.59 Å². The Bertz CT molecular complexity index is 510. The van der Waals surface area contributed by atoms with Gasteiger partial charge in [0.15, 0.2) is 8.32 Å². The fraction of sp³-hybridized carbons (Fsp3) is 0.700. The molecule has 144 valence electrons. The Kier molecular flexibility index (Phi) is 9.58. The molecule has 0 radical (unpaired) electrons. The number of rotatable bonds is 10. The van der Waals surface area contributed by atoms with Crippen molar-refractivity contribution in [2.75, 3.05) is 6.61 Å². The van der Waals surface area contributed by atoms with Crippen molar-refractivity contribution in [1.82, 2.24) is 0 Å². The van der Waals surface area contributed by atoms with Crippen molar-refractivity contribution < 1.29 is 19.1 Å². The minimum Gasteiger partial charge on any atom is -0.481 e. The first kappa shape index (κ1) is 23.8. The average Bonchev–Trinajstić information content (AvgIpc) is 2.43. The number of allylic oxidation sites excluding steroid dienone is 3. The van der Waals surface area contributed by atoms with Crippen LogP contribution in [0.1, 0.15) is 60.8 Å². The Morgan fingerprint density at radius 2 is 1.64 bits per heavy atom. The van der Waals surface area contributed by atoms with Gasteiger partial charge in [-0.15, -0.1) is 0 Å². The number of carbonyl (C=O) groups is 2. The molecule has 0 amide bonds. The van der Waals surface area contributed by atoms with Crippen LogP contribution in [-0.2, 0) is 14.0 Å². The Morgan fingerprint density at radius 1 is 1.08 bits per heavy atom. The monoisotopic (exact) mass is 368 g/mol. The summed E-state index contributed by atoms with van der Waals surface area (Å²) in [4.78, 5) is 22.3. The van der Waals surface area contributed by atoms with Crippen LogP contribution in [0.3, 0.4) is 0 Å². The molecule has 1 N–H and O–H groups in total. The van der Waals surface area contributed by atoms with Crippen molar-refractivity contribution in [3.8, 4) is 0 Å². The molecular formula is C20H36O4Si. The zero-order valence-corrected chi connectivity index (χ0v) is 18.2. The van der Waals surface area contributed by atoms with E-state index in [1.54, 1.807) is 0 Å². The number of ketones is 1. The highest BCUT2D eigenvalue weighted by molar-refractivity contribution is 6.74. The SMILES string of the molecule is CC(=O)C(CC=C(C)CCC=C(C)CO[Si](C)(C)C(C)(C)C)C(=O)O. The zero-order valence-electron chi connectivity index (χ0n) is 17.2. The van der Waals surface area contributed by atoms with Gasteiger partial charge >= 0.3 is 5.97 Å². The van der Waals surface area contributed by atoms with Gasteiger partial charge in [0.2, 0.25) is 0 Å². The van der Waals surface area contributed by atoms with E-state index >= 15 is 0 Å². The first-order valence-corrected chi connectivity index (χ1v) is 11.9. The maximum absolute atomic E-state index is 11.3. The molecule has 0 saturated carbocycles. The number of carboxylic acid groups (broad SMARTS) is 1. The average molecular weight is 369 g/mol. The lowest BCUT2D eigenvalue weighted by atomic mass is 9.99. The van der Waals surface area contributed by atoms with Gasteiger partial charge in [0.05, 0.1) is 6.61 Å². The molecule has 0 aromatic carbocycles. The second kappa shape index (κ2) is 10.1. The van der Waals surface area contributed by atoms with Crippen LogP contribution in [0.2, 0.25) is 18.1 Å². The molecule has 0 bridgehead atoms. The lowest BCUT2D eigenvalue weighted by Gasteiger charge is -2.36. The summed E-state index contributed by atoms with van der Waals surface area (Å²) in [5.74, 6) is -2.27. The summed E-state index contributed by atoms with van der Waals surface area (Å²) in [6.07, 6.45) is 6.09. The minimum atomic E-state index is -1.72. The van der Waals surface area contributed by atoms with Gasteiger partial charge in [0.1, 0.15) is 11.7 Å². The van der Waals surface area contributed by atoms with Crippen LogP contribution in [0.5, 0.6) is 0 Å². The van der Waals surface area contributed by atoms with Crippen molar-refractivity contribution in [1.29, 1.82) is 0 Å². The van der Waals surface area contributed by atoms with Gasteiger partial charge in [-0.05, 0) is 58.2 Å². The number of aliphatic carboxylic acids is 1. The van der Waals surface area contributed by atoms with E-state index < -0.39 is 20.2 Å². The van der Waals surface area contributed by atoms with E-state index in [9.17, 15) is 9.59 Å². The smallest absolute Gasteiger partial charge is 0.314 e. The van der Waals surface area contributed by atoms with Crippen LogP contribution >= 0.6 is 0 Å². The third-order valence-electron chi connectivity index (χ3n) is 4.99. The quantitative estimate of drug-likeness (QED) is 0.320. The first-order chi connectivity index (χ1) is 11.3. The highest BCUT2D eigenvalue weighted by Gasteiger charge is 2.36. The number of Topliss-reactive ketones (excluding diaryl/α,β-unsaturated/α-hetero) is 1. The molecule has 0 saturated heterocycles. The van der Waals surface area contributed by atoms with E-state index in [1.807, 2.05) is 13.0 Å². The molecule has 1 atom stereocenters. The summed E-state index contributed by atoms with van der Waals surface area (Å²) < 4.78 is 6.20. The number of carboxylic acids is 1. The van der Waals surface area contributed by atoms with Crippen LogP contribution in [0.4, 0.5) is 0 Å². The van der Waals surface area contributed by atoms with E-state index in [0.29, 0.717) is 6.61 Å². The lowest BCUT2D eigenvalue weighted by Crippen LogP contribution is -2.41. The summed E-state index contributed by atoms with van der Waals surface area (Å²) in [6, 6.07) is 0. The Morgan fingerprint density at radius 3 is 2.08 bits per heavy atom. The second-order valence-electron chi connectivity index (χ2n) is 8.43. The molecule has 25 heavy (non-hydrogen) atoms. The standard InChI is InChI=1S/C20H36O4Si/c1-15(12-13-18(17(3)21)19(22)23)10-9-11-16(2)14-24-25(7,8)20(4,5)6/h11-12,18H,9-10,13-14H2,1-8H3,(H,22,23). The molecule has 0 aromatic heterocycles. The van der Waals surface area contributed by atoms with E-state index in [2.05, 4.69) is 46.9 Å². The number of hydrogen-bond acceptors (Lipinski definition) is 3. The van der Waals surface area contributed by atoms with Crippen molar-refractivity contribution in [2.24, 2.45) is 5.92 Å². The minimum absolute atomic E-state index is 0.212. The van der Waals surface area contributed by atoms with Gasteiger partial charge < -0.3 is 9.53 Å². The molecule has 0 aromatic rings. The predicted molar refractivity (Wildman–Crippen MR) is 106 cm³/mol. The maximum Gasteiger partial charge on any atom is 0.314 e. The van der Waals surface area contributed by atoms with Gasteiger partial charge in [0.25, 0.3) is 0 Å². The van der Waals surface area contributed by atoms with Crippen LogP contribution < -0.4 is 0 Å². The van der Waals surface area contributed by atoms with Crippen LogP contribution in [0.25, 0.3) is 0 Å². The second-order valence-corrected chi connectivity index (χ2v) is 13.2. The van der Waals surface area contributed by atoms with Crippen LogP contribution in [0, 0.1) is 5.92 Å². The topological polar surface area (TPSA) is 63.6 Å². The molecule has 0 heterocycles. The molecule has 4 nitrogen and oxygen atoms in total. The maximum atomic E-state index is 11.3. The molecule has 0 aliphatic heterocycles. The third kappa shape index (κ3) is 9.17. The lowest BCUT2D eigenvalue weighted by molar-refractivity contribution is -0.145. The molecule has 0 spiro atoms. The van der Waals surface area contributed by atoms with Crippen LogP contribution in [0.15, 0.2) is 23.3 Å². The summed E-state index contributed by atoms with van der Waals surface area (Å²) in [5.41, 5.74) is 2.34. The summed E-state index contributed by atoms with van der Waals surface area (Å²) in [6.45, 7) is 17.3. The summed E-state index contributed by atoms with van der Waals surface area (Å²) >= 11 is 0. The molecule has 0 rings (SSSR count). The molecule has 1 unspecified atom stereocenters. The van der Waals surface area contributed by atoms with Gasteiger partial charge in [-0.25, -0.2) is 0 Å². The van der Waals surface area contributed by atoms with Gasteiger partial charge in [-0.1, -0.05) is 44.1 Å². The van der Waals surface area contributed by atoms with E-state index in [4.69, 9.17) is 9.53 Å². The van der Waals surface area contributed by atoms with Crippen molar-refractivity contribution in [2.45, 2.75) is 78.9 Å². The highest BCUT2D eigenvalue weighted by atomic mass is 28.4. The fourth-order valence-electron chi connectivity index (χ4n) is 1.98. The Hall–Kier alpha value is -1.20. The normalized spacial score (nSPS) is 15.2. The van der Waals surface area contributed by atoms with Crippen molar-refractivity contribution in [3.63, 3.8) is 0 Å². The van der Waals surface area contributed by atoms with Crippen molar-refractivity contribution >= 4 is 20.1 Å². The van der Waals surface area contributed by atoms with E-state index in [1.165, 1.54) is 12.5 Å². The van der Waals surface area contributed by atoms with Crippen LogP contribution in [-0.4, -0.2) is 31.8 Å². The highest BCUT2D eigenvalue weighted by Crippen LogP contribution is 2.36. The fourth-order valence-corrected chi connectivity index (χ4v) is 3.00. The Labute approximate surface area is 154 Å². The molecule has 0 aliphatic carbocycles. The number of hydrogen-bond donors (Lipinski definition) is 1. The first-order valence-electron chi connectivity index (χ1n) is 8.96. The summed E-state index contributed by atoms with van der Waals surface area (Å²) in [7, 11) is -1.72. The predicted octanol–water partition coefficient (Wildman–Crippen LogP) is 5.36. The van der Waals surface area contributed by atoms with Gasteiger partial charge in [0, 0.05) is 0 Å². The Balaban J connectivity index is 4.44. The van der Waals surface area contributed by atoms with E-state index in [0.717, 1.165) is 18.4 Å². The van der Waals surface area contributed by atoms with Crippen molar-refractivity contribution in [3.05, 3.63) is 23.3 Å².